The van der Waals surface area contributed by atoms with E-state index >= 15 is 0 Å². The second kappa shape index (κ2) is 15.0. The van der Waals surface area contributed by atoms with Crippen LogP contribution in [0.2, 0.25) is 0 Å². The topological polar surface area (TPSA) is 49.4 Å². The number of benzene rings is 2. The third-order valence-corrected chi connectivity index (χ3v) is 6.52. The van der Waals surface area contributed by atoms with E-state index in [1.807, 2.05) is 79.4 Å². The zero-order valence-electron chi connectivity index (χ0n) is 21.6. The van der Waals surface area contributed by atoms with E-state index < -0.39 is 18.8 Å². The number of likely N-dealkylation sites (tertiary alicyclic amines) is 1. The Morgan fingerprint density at radius 2 is 1.50 bits per heavy atom. The van der Waals surface area contributed by atoms with Crippen LogP contribution in [0.15, 0.2) is 84.0 Å². The van der Waals surface area contributed by atoms with Crippen molar-refractivity contribution in [1.82, 2.24) is 10.2 Å². The number of nitrogens with one attached hydrogen (secondary N) is 1. The third kappa shape index (κ3) is 7.87. The fraction of sp³-hybridized carbons (Fsp3) is 0.400. The smallest absolute Gasteiger partial charge is 0.253 e. The fourth-order valence-electron chi connectivity index (χ4n) is 4.38. The molecule has 1 heterocycles. The Balaban J connectivity index is 0.000000324. The van der Waals surface area contributed by atoms with Gasteiger partial charge < -0.3 is 10.2 Å². The zero-order valence-corrected chi connectivity index (χ0v) is 21.6. The molecular weight excluding hydrogens is 458 g/mol. The summed E-state index contributed by atoms with van der Waals surface area (Å²) in [7, 11) is 1.68. The van der Waals surface area contributed by atoms with Gasteiger partial charge in [0.05, 0.1) is 5.41 Å². The quantitative estimate of drug-likeness (QED) is 0.442. The van der Waals surface area contributed by atoms with Crippen LogP contribution in [0.5, 0.6) is 0 Å². The number of carbonyl (C=O) groups excluding carboxylic acids is 2. The van der Waals surface area contributed by atoms with Crippen molar-refractivity contribution in [2.24, 2.45) is 0 Å². The summed E-state index contributed by atoms with van der Waals surface area (Å²) in [6.07, 6.45) is 6.59. The van der Waals surface area contributed by atoms with Crippen molar-refractivity contribution in [2.45, 2.75) is 44.9 Å². The van der Waals surface area contributed by atoms with E-state index in [9.17, 15) is 18.4 Å². The van der Waals surface area contributed by atoms with Gasteiger partial charge in [0.2, 0.25) is 5.91 Å². The van der Waals surface area contributed by atoms with E-state index in [0.717, 1.165) is 17.6 Å². The maximum atomic E-state index is 12.6. The lowest BCUT2D eigenvalue weighted by molar-refractivity contribution is -0.128. The van der Waals surface area contributed by atoms with Crippen LogP contribution < -0.4 is 5.32 Å². The largest absolute Gasteiger partial charge is 0.358 e. The number of allylic oxidation sites excluding steroid dienone is 4. The summed E-state index contributed by atoms with van der Waals surface area (Å²) >= 11 is 0. The summed E-state index contributed by atoms with van der Waals surface area (Å²) < 4.78 is 23.9. The number of piperidine rings is 1. The molecule has 3 rings (SSSR count). The average molecular weight is 497 g/mol. The SMILES string of the molecule is CC/C=C(/C)CC=C(CF)CF.CNC(=O)C1(c2ccccc2)CCN(C(=O)c2ccccc2)CC1. The number of alkyl halides is 2. The highest BCUT2D eigenvalue weighted by molar-refractivity contribution is 5.95. The number of rotatable bonds is 8. The molecule has 194 valence electrons. The van der Waals surface area contributed by atoms with Crippen molar-refractivity contribution < 1.29 is 18.4 Å². The van der Waals surface area contributed by atoms with Gasteiger partial charge in [0.25, 0.3) is 5.91 Å². The maximum Gasteiger partial charge on any atom is 0.253 e. The van der Waals surface area contributed by atoms with Crippen LogP contribution in [0.4, 0.5) is 8.78 Å². The molecule has 1 N–H and O–H groups in total. The van der Waals surface area contributed by atoms with Gasteiger partial charge in [0, 0.05) is 25.7 Å². The van der Waals surface area contributed by atoms with Gasteiger partial charge in [-0.05, 0) is 55.9 Å². The van der Waals surface area contributed by atoms with E-state index in [0.29, 0.717) is 37.9 Å². The van der Waals surface area contributed by atoms with E-state index in [-0.39, 0.29) is 17.4 Å². The molecule has 0 aromatic heterocycles. The minimum absolute atomic E-state index is 0.0283. The number of nitrogens with zero attached hydrogens (tertiary/aromatic N) is 1. The molecule has 0 spiro atoms. The Bertz CT molecular complexity index is 1010. The second-order valence-electron chi connectivity index (χ2n) is 8.98. The lowest BCUT2D eigenvalue weighted by Gasteiger charge is -2.40. The molecule has 1 aliphatic rings. The van der Waals surface area contributed by atoms with Gasteiger partial charge in [-0.2, -0.15) is 0 Å². The Kier molecular flexibility index (Phi) is 12.0. The Morgan fingerprint density at radius 1 is 0.944 bits per heavy atom. The minimum Gasteiger partial charge on any atom is -0.358 e. The summed E-state index contributed by atoms with van der Waals surface area (Å²) in [6.45, 7) is 3.82. The summed E-state index contributed by atoms with van der Waals surface area (Å²) in [6, 6.07) is 19.2. The molecule has 2 aromatic carbocycles. The normalized spacial score (nSPS) is 14.8. The second-order valence-corrected chi connectivity index (χ2v) is 8.98. The van der Waals surface area contributed by atoms with E-state index in [2.05, 4.69) is 11.4 Å². The highest BCUT2D eigenvalue weighted by atomic mass is 19.1. The monoisotopic (exact) mass is 496 g/mol. The van der Waals surface area contributed by atoms with Crippen molar-refractivity contribution in [3.8, 4) is 0 Å². The molecule has 0 atom stereocenters. The Hall–Kier alpha value is -3.28. The summed E-state index contributed by atoms with van der Waals surface area (Å²) in [5.41, 5.74) is 2.58. The van der Waals surface area contributed by atoms with E-state index in [1.54, 1.807) is 13.1 Å². The minimum atomic E-state index is -0.671. The van der Waals surface area contributed by atoms with Crippen LogP contribution in [0.1, 0.15) is 55.5 Å². The van der Waals surface area contributed by atoms with Crippen molar-refractivity contribution in [2.75, 3.05) is 33.5 Å². The lowest BCUT2D eigenvalue weighted by atomic mass is 9.72. The molecule has 0 saturated carbocycles. The number of amides is 2. The first kappa shape index (κ1) is 29.0. The van der Waals surface area contributed by atoms with E-state index in [1.165, 1.54) is 0 Å². The molecule has 1 saturated heterocycles. The average Bonchev–Trinajstić information content (AvgIpc) is 2.94. The van der Waals surface area contributed by atoms with E-state index in [4.69, 9.17) is 0 Å². The van der Waals surface area contributed by atoms with Crippen LogP contribution in [0.25, 0.3) is 0 Å². The van der Waals surface area contributed by atoms with Gasteiger partial charge in [-0.3, -0.25) is 9.59 Å². The van der Waals surface area contributed by atoms with Gasteiger partial charge >= 0.3 is 0 Å². The Morgan fingerprint density at radius 3 is 2.00 bits per heavy atom. The van der Waals surface area contributed by atoms with Crippen molar-refractivity contribution in [3.05, 3.63) is 95.1 Å². The van der Waals surface area contributed by atoms with Gasteiger partial charge in [0.1, 0.15) is 13.3 Å². The standard InChI is InChI=1S/C20H22N2O2.C10H16F2/c1-21-19(24)20(17-10-6-3-7-11-17)12-14-22(15-13-20)18(23)16-8-4-2-5-9-16;1-3-4-9(2)5-6-10(7-11)8-12/h2-11H,12-15H2,1H3,(H,21,24);4,6H,3,5,7-8H2,1-2H3/b;9-4-. The van der Waals surface area contributed by atoms with Gasteiger partial charge in [-0.25, -0.2) is 8.78 Å². The zero-order chi connectivity index (χ0) is 26.4. The predicted molar refractivity (Wildman–Crippen MR) is 142 cm³/mol. The van der Waals surface area contributed by atoms with Crippen LogP contribution in [0, 0.1) is 0 Å². The van der Waals surface area contributed by atoms with Crippen molar-refractivity contribution in [1.29, 1.82) is 0 Å². The summed E-state index contributed by atoms with van der Waals surface area (Å²) in [5, 5.41) is 2.81. The third-order valence-electron chi connectivity index (χ3n) is 6.52. The molecular formula is C30H38F2N2O2. The molecule has 2 amide bonds. The van der Waals surface area contributed by atoms with Gasteiger partial charge in [0.15, 0.2) is 0 Å². The summed E-state index contributed by atoms with van der Waals surface area (Å²) in [5.74, 6) is 0.0645. The molecule has 2 aromatic rings. The first-order valence-corrected chi connectivity index (χ1v) is 12.5. The van der Waals surface area contributed by atoms with Gasteiger partial charge in [-0.15, -0.1) is 0 Å². The Labute approximate surface area is 214 Å². The van der Waals surface area contributed by atoms with Crippen molar-refractivity contribution in [3.63, 3.8) is 0 Å². The molecule has 0 radical (unpaired) electrons. The highest BCUT2D eigenvalue weighted by Crippen LogP contribution is 2.36. The molecule has 4 nitrogen and oxygen atoms in total. The van der Waals surface area contributed by atoms with Crippen LogP contribution in [0.3, 0.4) is 0 Å². The number of hydrogen-bond acceptors (Lipinski definition) is 2. The fourth-order valence-corrected chi connectivity index (χ4v) is 4.38. The predicted octanol–water partition coefficient (Wildman–Crippen LogP) is 6.20. The number of carbonyl (C=O) groups is 2. The van der Waals surface area contributed by atoms with Gasteiger partial charge in [-0.1, -0.05) is 73.2 Å². The molecule has 36 heavy (non-hydrogen) atoms. The summed E-state index contributed by atoms with van der Waals surface area (Å²) in [4.78, 5) is 27.1. The number of likely N-dealkylation sites (N-methyl/N-ethyl adjacent to an activating group) is 1. The lowest BCUT2D eigenvalue weighted by Crippen LogP contribution is -2.52. The highest BCUT2D eigenvalue weighted by Gasteiger charge is 2.43. The van der Waals surface area contributed by atoms with Crippen LogP contribution >= 0.6 is 0 Å². The number of hydrogen-bond donors (Lipinski definition) is 1. The first-order valence-electron chi connectivity index (χ1n) is 12.5. The molecule has 1 aliphatic heterocycles. The van der Waals surface area contributed by atoms with Crippen LogP contribution in [-0.4, -0.2) is 50.2 Å². The number of halogens is 2. The molecule has 0 aliphatic carbocycles. The first-order chi connectivity index (χ1) is 17.4. The van der Waals surface area contributed by atoms with Crippen LogP contribution in [-0.2, 0) is 10.2 Å². The van der Waals surface area contributed by atoms with Crippen molar-refractivity contribution >= 4 is 11.8 Å². The molecule has 0 bridgehead atoms. The molecule has 6 heteroatoms. The molecule has 0 unspecified atom stereocenters. The maximum absolute atomic E-state index is 12.6. The molecule has 1 fully saturated rings.